The van der Waals surface area contributed by atoms with Crippen molar-refractivity contribution in [1.29, 1.82) is 0 Å². The number of aliphatic carboxylic acids is 1. The lowest BCUT2D eigenvalue weighted by molar-refractivity contribution is -0.139. The van der Waals surface area contributed by atoms with E-state index in [2.05, 4.69) is 0 Å². The third kappa shape index (κ3) is 3.31. The average Bonchev–Trinajstić information content (AvgIpc) is 2.25. The summed E-state index contributed by atoms with van der Waals surface area (Å²) in [5, 5.41) is 9.08. The van der Waals surface area contributed by atoms with Gasteiger partial charge in [0.1, 0.15) is 5.82 Å². The van der Waals surface area contributed by atoms with Crippen molar-refractivity contribution in [1.82, 2.24) is 0 Å². The Balaban J connectivity index is 2.89. The molecule has 2 atom stereocenters. The molecular formula is C12H15FO3. The smallest absolute Gasteiger partial charge is 0.311 e. The number of hydrogen-bond donors (Lipinski definition) is 1. The van der Waals surface area contributed by atoms with Gasteiger partial charge in [0.05, 0.1) is 12.0 Å². The molecule has 0 amide bonds. The normalized spacial score (nSPS) is 14.4. The molecule has 3 nitrogen and oxygen atoms in total. The Hall–Kier alpha value is -1.42. The molecule has 0 fully saturated rings. The average molecular weight is 226 g/mol. The molecule has 0 aliphatic rings. The first kappa shape index (κ1) is 12.6. The minimum atomic E-state index is -0.963. The van der Waals surface area contributed by atoms with Gasteiger partial charge in [-0.1, -0.05) is 12.1 Å². The van der Waals surface area contributed by atoms with Crippen LogP contribution >= 0.6 is 0 Å². The molecule has 0 saturated heterocycles. The maximum atomic E-state index is 13.0. The number of benzene rings is 1. The van der Waals surface area contributed by atoms with Crippen molar-refractivity contribution in [3.05, 3.63) is 35.6 Å². The fourth-order valence-electron chi connectivity index (χ4n) is 1.53. The molecule has 0 radical (unpaired) electrons. The van der Waals surface area contributed by atoms with Gasteiger partial charge >= 0.3 is 5.97 Å². The fourth-order valence-corrected chi connectivity index (χ4v) is 1.53. The molecule has 2 unspecified atom stereocenters. The molecule has 1 aromatic rings. The second-order valence-electron chi connectivity index (χ2n) is 3.73. The van der Waals surface area contributed by atoms with Gasteiger partial charge in [0.2, 0.25) is 0 Å². The molecule has 0 spiro atoms. The van der Waals surface area contributed by atoms with Gasteiger partial charge in [-0.15, -0.1) is 0 Å². The number of carboxylic acids is 1. The summed E-state index contributed by atoms with van der Waals surface area (Å²) in [6.07, 6.45) is 0.152. The predicted molar refractivity (Wildman–Crippen MR) is 57.9 cm³/mol. The van der Waals surface area contributed by atoms with E-state index in [0.717, 1.165) is 0 Å². The summed E-state index contributed by atoms with van der Waals surface area (Å²) < 4.78 is 18.0. The maximum absolute atomic E-state index is 13.0. The van der Waals surface area contributed by atoms with Crippen molar-refractivity contribution < 1.29 is 19.0 Å². The standard InChI is InChI=1S/C12H15FO3/c1-8(16-2)6-11(12(14)15)9-4-3-5-10(13)7-9/h3-5,7-8,11H,6H2,1-2H3,(H,14,15). The minimum absolute atomic E-state index is 0.177. The van der Waals surface area contributed by atoms with Crippen LogP contribution in [0, 0.1) is 5.82 Å². The van der Waals surface area contributed by atoms with Gasteiger partial charge in [-0.3, -0.25) is 4.79 Å². The van der Waals surface area contributed by atoms with Crippen molar-refractivity contribution in [2.45, 2.75) is 25.4 Å². The number of rotatable bonds is 5. The van der Waals surface area contributed by atoms with E-state index in [1.165, 1.54) is 25.3 Å². The van der Waals surface area contributed by atoms with Gasteiger partial charge in [0.25, 0.3) is 0 Å². The molecular weight excluding hydrogens is 211 g/mol. The zero-order valence-corrected chi connectivity index (χ0v) is 9.31. The topological polar surface area (TPSA) is 46.5 Å². The van der Waals surface area contributed by atoms with E-state index >= 15 is 0 Å². The van der Waals surface area contributed by atoms with E-state index in [1.807, 2.05) is 0 Å². The van der Waals surface area contributed by atoms with Gasteiger partial charge in [-0.05, 0) is 31.0 Å². The van der Waals surface area contributed by atoms with Gasteiger partial charge in [0, 0.05) is 7.11 Å². The molecule has 16 heavy (non-hydrogen) atoms. The summed E-state index contributed by atoms with van der Waals surface area (Å²) in [5.41, 5.74) is 0.469. The molecule has 0 heterocycles. The highest BCUT2D eigenvalue weighted by molar-refractivity contribution is 5.76. The maximum Gasteiger partial charge on any atom is 0.311 e. The Labute approximate surface area is 93.9 Å². The van der Waals surface area contributed by atoms with E-state index < -0.39 is 17.7 Å². The predicted octanol–water partition coefficient (Wildman–Crippen LogP) is 2.42. The molecule has 0 aliphatic heterocycles. The first-order chi connectivity index (χ1) is 7.54. The first-order valence-electron chi connectivity index (χ1n) is 5.05. The third-order valence-electron chi connectivity index (χ3n) is 2.52. The van der Waals surface area contributed by atoms with Crippen LogP contribution < -0.4 is 0 Å². The highest BCUT2D eigenvalue weighted by atomic mass is 19.1. The van der Waals surface area contributed by atoms with E-state index in [1.54, 1.807) is 13.0 Å². The first-order valence-corrected chi connectivity index (χ1v) is 5.05. The highest BCUT2D eigenvalue weighted by Crippen LogP contribution is 2.23. The summed E-state index contributed by atoms with van der Waals surface area (Å²) in [5.74, 6) is -2.12. The lowest BCUT2D eigenvalue weighted by Crippen LogP contribution is -2.18. The van der Waals surface area contributed by atoms with Gasteiger partial charge in [0.15, 0.2) is 0 Å². The molecule has 1 rings (SSSR count). The number of ether oxygens (including phenoxy) is 1. The molecule has 0 bridgehead atoms. The lowest BCUT2D eigenvalue weighted by atomic mass is 9.93. The van der Waals surface area contributed by atoms with Gasteiger partial charge in [-0.2, -0.15) is 0 Å². The minimum Gasteiger partial charge on any atom is -0.481 e. The number of carboxylic acid groups (broad SMARTS) is 1. The SMILES string of the molecule is COC(C)CC(C(=O)O)c1cccc(F)c1. The Morgan fingerprint density at radius 2 is 2.25 bits per heavy atom. The van der Waals surface area contributed by atoms with Crippen molar-refractivity contribution >= 4 is 5.97 Å². The number of methoxy groups -OCH3 is 1. The Bertz CT molecular complexity index is 365. The number of hydrogen-bond acceptors (Lipinski definition) is 2. The van der Waals surface area contributed by atoms with Crippen LogP contribution in [0.25, 0.3) is 0 Å². The van der Waals surface area contributed by atoms with Crippen molar-refractivity contribution in [3.8, 4) is 0 Å². The van der Waals surface area contributed by atoms with E-state index in [-0.39, 0.29) is 6.10 Å². The van der Waals surface area contributed by atoms with Crippen LogP contribution in [0.2, 0.25) is 0 Å². The molecule has 1 aromatic carbocycles. The van der Waals surface area contributed by atoms with Crippen LogP contribution in [0.5, 0.6) is 0 Å². The largest absolute Gasteiger partial charge is 0.481 e. The zero-order chi connectivity index (χ0) is 12.1. The Kier molecular flexibility index (Phi) is 4.43. The zero-order valence-electron chi connectivity index (χ0n) is 9.31. The Morgan fingerprint density at radius 3 is 2.75 bits per heavy atom. The van der Waals surface area contributed by atoms with Crippen molar-refractivity contribution in [2.24, 2.45) is 0 Å². The van der Waals surface area contributed by atoms with E-state index in [0.29, 0.717) is 12.0 Å². The van der Waals surface area contributed by atoms with Crippen molar-refractivity contribution in [2.75, 3.05) is 7.11 Å². The summed E-state index contributed by atoms with van der Waals surface area (Å²) in [6.45, 7) is 1.79. The van der Waals surface area contributed by atoms with Crippen molar-refractivity contribution in [3.63, 3.8) is 0 Å². The van der Waals surface area contributed by atoms with Crippen LogP contribution in [0.1, 0.15) is 24.8 Å². The van der Waals surface area contributed by atoms with Crippen LogP contribution in [0.3, 0.4) is 0 Å². The highest BCUT2D eigenvalue weighted by Gasteiger charge is 2.22. The summed E-state index contributed by atoms with van der Waals surface area (Å²) in [4.78, 5) is 11.1. The molecule has 0 saturated carbocycles. The number of carbonyl (C=O) groups is 1. The molecule has 0 aliphatic carbocycles. The number of halogens is 1. The molecule has 88 valence electrons. The van der Waals surface area contributed by atoms with Crippen LogP contribution in [0.15, 0.2) is 24.3 Å². The second kappa shape index (κ2) is 5.61. The Morgan fingerprint density at radius 1 is 1.56 bits per heavy atom. The van der Waals surface area contributed by atoms with Gasteiger partial charge in [-0.25, -0.2) is 4.39 Å². The van der Waals surface area contributed by atoms with Crippen LogP contribution in [0.4, 0.5) is 4.39 Å². The second-order valence-corrected chi connectivity index (χ2v) is 3.73. The monoisotopic (exact) mass is 226 g/mol. The van der Waals surface area contributed by atoms with E-state index in [9.17, 15) is 9.18 Å². The van der Waals surface area contributed by atoms with E-state index in [4.69, 9.17) is 9.84 Å². The summed E-state index contributed by atoms with van der Waals surface area (Å²) in [6, 6.07) is 5.67. The molecule has 0 aromatic heterocycles. The quantitative estimate of drug-likeness (QED) is 0.838. The summed E-state index contributed by atoms with van der Waals surface area (Å²) >= 11 is 0. The van der Waals surface area contributed by atoms with Gasteiger partial charge < -0.3 is 9.84 Å². The fraction of sp³-hybridized carbons (Fsp3) is 0.417. The third-order valence-corrected chi connectivity index (χ3v) is 2.52. The lowest BCUT2D eigenvalue weighted by Gasteiger charge is -2.16. The molecule has 1 N–H and O–H groups in total. The summed E-state index contributed by atoms with van der Waals surface area (Å²) in [7, 11) is 1.52. The molecule has 4 heteroatoms. The van der Waals surface area contributed by atoms with Crippen LogP contribution in [-0.4, -0.2) is 24.3 Å². The van der Waals surface area contributed by atoms with Crippen LogP contribution in [-0.2, 0) is 9.53 Å².